The van der Waals surface area contributed by atoms with E-state index in [4.69, 9.17) is 0 Å². The van der Waals surface area contributed by atoms with Crippen molar-refractivity contribution in [2.45, 2.75) is 20.3 Å². The summed E-state index contributed by atoms with van der Waals surface area (Å²) < 4.78 is 26.9. The summed E-state index contributed by atoms with van der Waals surface area (Å²) in [7, 11) is 1.73. The van der Waals surface area contributed by atoms with E-state index in [0.29, 0.717) is 24.5 Å². The fourth-order valence-electron chi connectivity index (χ4n) is 3.77. The number of carbonyl (C=O) groups excluding carboxylic acids is 1. The Kier molecular flexibility index (Phi) is 5.93. The van der Waals surface area contributed by atoms with Gasteiger partial charge in [-0.1, -0.05) is 24.5 Å². The molecule has 0 saturated heterocycles. The van der Waals surface area contributed by atoms with Gasteiger partial charge >= 0.3 is 0 Å². The number of nitrogens with one attached hydrogen (secondary N) is 1. The monoisotopic (exact) mass is 439 g/mol. The molecule has 1 aliphatic heterocycles. The van der Waals surface area contributed by atoms with Crippen molar-refractivity contribution in [3.63, 3.8) is 0 Å². The number of aromatic nitrogens is 5. The first-order valence-corrected chi connectivity index (χ1v) is 10.3. The van der Waals surface area contributed by atoms with Crippen LogP contribution in [0, 0.1) is 17.6 Å². The minimum atomic E-state index is -0.925. The Morgan fingerprint density at radius 3 is 2.62 bits per heavy atom. The Morgan fingerprint density at radius 1 is 1.19 bits per heavy atom. The standard InChI is InChI=1S/C22H23F2N7O/c1-13(2)16-8-9-31(22-27-29-30(3)28-22)12-18(16)14-4-7-20(25-11-14)26-21(32)17-6-5-15(23)10-19(17)24/h4-7,10-11,13H,8-9,12H2,1-3H3,(H,25,26,32). The molecule has 1 amide bonds. The zero-order valence-corrected chi connectivity index (χ0v) is 18.0. The number of aryl methyl sites for hydroxylation is 1. The van der Waals surface area contributed by atoms with Crippen molar-refractivity contribution >= 4 is 23.2 Å². The molecule has 3 aromatic rings. The molecule has 10 heteroatoms. The number of tetrazole rings is 1. The minimum absolute atomic E-state index is 0.249. The SMILES string of the molecule is CC(C)C1=C(c2ccc(NC(=O)c3ccc(F)cc3F)nc2)CN(c2nnn(C)n2)CC1. The van der Waals surface area contributed by atoms with Gasteiger partial charge in [0, 0.05) is 25.4 Å². The van der Waals surface area contributed by atoms with Crippen molar-refractivity contribution < 1.29 is 13.6 Å². The first-order chi connectivity index (χ1) is 15.3. The molecule has 0 bridgehead atoms. The third-order valence-corrected chi connectivity index (χ3v) is 5.39. The second-order valence-corrected chi connectivity index (χ2v) is 7.92. The molecular formula is C22H23F2N7O. The molecule has 0 spiro atoms. The van der Waals surface area contributed by atoms with Crippen LogP contribution in [0.15, 0.2) is 42.1 Å². The van der Waals surface area contributed by atoms with Crippen molar-refractivity contribution in [1.82, 2.24) is 25.2 Å². The minimum Gasteiger partial charge on any atom is -0.334 e. The summed E-state index contributed by atoms with van der Waals surface area (Å²) in [6.45, 7) is 5.73. The Labute approximate surface area is 184 Å². The lowest BCUT2D eigenvalue weighted by Gasteiger charge is -2.31. The molecule has 1 aromatic carbocycles. The maximum absolute atomic E-state index is 13.9. The lowest BCUT2D eigenvalue weighted by Crippen LogP contribution is -2.33. The second kappa shape index (κ2) is 8.81. The highest BCUT2D eigenvalue weighted by Gasteiger charge is 2.24. The average molecular weight is 439 g/mol. The average Bonchev–Trinajstić information content (AvgIpc) is 3.20. The number of anilines is 2. The van der Waals surface area contributed by atoms with Gasteiger partial charge in [0.25, 0.3) is 11.9 Å². The number of carbonyl (C=O) groups is 1. The van der Waals surface area contributed by atoms with Gasteiger partial charge in [0.1, 0.15) is 17.5 Å². The third kappa shape index (κ3) is 4.48. The number of rotatable bonds is 5. The fourth-order valence-corrected chi connectivity index (χ4v) is 3.77. The van der Waals surface area contributed by atoms with Crippen LogP contribution in [0.25, 0.3) is 5.57 Å². The second-order valence-electron chi connectivity index (χ2n) is 7.92. The Bertz CT molecular complexity index is 1170. The maximum atomic E-state index is 13.9. The Hall–Kier alpha value is -3.69. The van der Waals surface area contributed by atoms with Crippen LogP contribution in [0.2, 0.25) is 0 Å². The van der Waals surface area contributed by atoms with Crippen molar-refractivity contribution in [2.24, 2.45) is 13.0 Å². The van der Waals surface area contributed by atoms with Crippen molar-refractivity contribution in [3.05, 3.63) is 64.9 Å². The molecular weight excluding hydrogens is 416 g/mol. The van der Waals surface area contributed by atoms with Gasteiger partial charge in [0.2, 0.25) is 0 Å². The van der Waals surface area contributed by atoms with Crippen molar-refractivity contribution in [2.75, 3.05) is 23.3 Å². The van der Waals surface area contributed by atoms with Gasteiger partial charge in [-0.3, -0.25) is 4.79 Å². The smallest absolute Gasteiger partial charge is 0.266 e. The fraction of sp³-hybridized carbons (Fsp3) is 0.318. The van der Waals surface area contributed by atoms with Crippen LogP contribution < -0.4 is 10.2 Å². The van der Waals surface area contributed by atoms with Gasteiger partial charge in [-0.15, -0.1) is 5.10 Å². The van der Waals surface area contributed by atoms with Gasteiger partial charge in [0.05, 0.1) is 12.6 Å². The lowest BCUT2D eigenvalue weighted by atomic mass is 9.88. The van der Waals surface area contributed by atoms with Crippen LogP contribution in [-0.2, 0) is 7.05 Å². The van der Waals surface area contributed by atoms with Crippen LogP contribution in [0.5, 0.6) is 0 Å². The number of pyridine rings is 1. The highest BCUT2D eigenvalue weighted by Crippen LogP contribution is 2.32. The number of nitrogens with zero attached hydrogens (tertiary/aromatic N) is 6. The molecule has 166 valence electrons. The van der Waals surface area contributed by atoms with Crippen LogP contribution in [0.3, 0.4) is 0 Å². The number of benzene rings is 1. The number of hydrogen-bond donors (Lipinski definition) is 1. The quantitative estimate of drug-likeness (QED) is 0.655. The molecule has 0 radical (unpaired) electrons. The van der Waals surface area contributed by atoms with Gasteiger partial charge in [-0.2, -0.15) is 4.80 Å². The first-order valence-electron chi connectivity index (χ1n) is 10.3. The Balaban J connectivity index is 1.55. The molecule has 0 atom stereocenters. The molecule has 0 saturated carbocycles. The van der Waals surface area contributed by atoms with Crippen LogP contribution in [0.1, 0.15) is 36.2 Å². The topological polar surface area (TPSA) is 88.8 Å². The molecule has 4 rings (SSSR count). The molecule has 1 N–H and O–H groups in total. The van der Waals surface area contributed by atoms with Gasteiger partial charge in [0.15, 0.2) is 0 Å². The molecule has 1 aliphatic rings. The summed E-state index contributed by atoms with van der Waals surface area (Å²) in [5.74, 6) is -1.15. The molecule has 8 nitrogen and oxygen atoms in total. The molecule has 0 unspecified atom stereocenters. The normalized spacial score (nSPS) is 14.2. The van der Waals surface area contributed by atoms with Crippen molar-refractivity contribution in [3.8, 4) is 0 Å². The largest absolute Gasteiger partial charge is 0.334 e. The summed E-state index contributed by atoms with van der Waals surface area (Å²) in [6, 6.07) is 6.35. The molecule has 3 heterocycles. The third-order valence-electron chi connectivity index (χ3n) is 5.39. The van der Waals surface area contributed by atoms with E-state index in [1.807, 2.05) is 6.07 Å². The van der Waals surface area contributed by atoms with E-state index in [2.05, 4.69) is 44.5 Å². The zero-order valence-electron chi connectivity index (χ0n) is 18.0. The Morgan fingerprint density at radius 2 is 2.00 bits per heavy atom. The zero-order chi connectivity index (χ0) is 22.8. The number of amides is 1. The molecule has 2 aromatic heterocycles. The predicted molar refractivity (Wildman–Crippen MR) is 116 cm³/mol. The van der Waals surface area contributed by atoms with E-state index in [0.717, 1.165) is 36.2 Å². The summed E-state index contributed by atoms with van der Waals surface area (Å²) in [4.78, 5) is 20.2. The van der Waals surface area contributed by atoms with Gasteiger partial charge in [-0.05, 0) is 53.0 Å². The van der Waals surface area contributed by atoms with Crippen LogP contribution in [0.4, 0.5) is 20.5 Å². The van der Waals surface area contributed by atoms with E-state index >= 15 is 0 Å². The molecule has 32 heavy (non-hydrogen) atoms. The van der Waals surface area contributed by atoms with Gasteiger partial charge < -0.3 is 10.2 Å². The van der Waals surface area contributed by atoms with E-state index in [9.17, 15) is 13.6 Å². The van der Waals surface area contributed by atoms with E-state index in [-0.39, 0.29) is 11.4 Å². The number of halogens is 2. The lowest BCUT2D eigenvalue weighted by molar-refractivity contribution is 0.102. The summed E-state index contributed by atoms with van der Waals surface area (Å²) >= 11 is 0. The highest BCUT2D eigenvalue weighted by atomic mass is 19.1. The maximum Gasteiger partial charge on any atom is 0.266 e. The number of hydrogen-bond acceptors (Lipinski definition) is 6. The van der Waals surface area contributed by atoms with Crippen molar-refractivity contribution in [1.29, 1.82) is 0 Å². The first kappa shape index (κ1) is 21.5. The van der Waals surface area contributed by atoms with Crippen LogP contribution in [-0.4, -0.2) is 44.2 Å². The van der Waals surface area contributed by atoms with E-state index in [1.54, 1.807) is 19.3 Å². The van der Waals surface area contributed by atoms with Crippen LogP contribution >= 0.6 is 0 Å². The summed E-state index contributed by atoms with van der Waals surface area (Å²) in [5.41, 5.74) is 3.14. The summed E-state index contributed by atoms with van der Waals surface area (Å²) in [6.07, 6.45) is 2.55. The van der Waals surface area contributed by atoms with Gasteiger partial charge in [-0.25, -0.2) is 13.8 Å². The highest BCUT2D eigenvalue weighted by molar-refractivity contribution is 6.04. The van der Waals surface area contributed by atoms with E-state index in [1.165, 1.54) is 10.4 Å². The van der Waals surface area contributed by atoms with E-state index < -0.39 is 17.5 Å². The predicted octanol–water partition coefficient (Wildman–Crippen LogP) is 3.46. The summed E-state index contributed by atoms with van der Waals surface area (Å²) in [5, 5.41) is 14.9. The molecule has 0 aliphatic carbocycles. The molecule has 0 fully saturated rings.